The lowest BCUT2D eigenvalue weighted by Gasteiger charge is -2.28. The predicted molar refractivity (Wildman–Crippen MR) is 103 cm³/mol. The number of esters is 1. The normalized spacial score (nSPS) is 23.8. The van der Waals surface area contributed by atoms with Crippen molar-refractivity contribution in [2.75, 3.05) is 24.7 Å². The first-order valence-corrected chi connectivity index (χ1v) is 11.0. The van der Waals surface area contributed by atoms with E-state index in [2.05, 4.69) is 5.32 Å². The highest BCUT2D eigenvalue weighted by Crippen LogP contribution is 2.51. The summed E-state index contributed by atoms with van der Waals surface area (Å²) in [6, 6.07) is -2.02. The minimum Gasteiger partial charge on any atom is -0.480 e. The molecular formula is C17H28N2O5S2. The van der Waals surface area contributed by atoms with Gasteiger partial charge in [-0.3, -0.25) is 14.9 Å². The van der Waals surface area contributed by atoms with Gasteiger partial charge in [-0.1, -0.05) is 13.3 Å². The van der Waals surface area contributed by atoms with Gasteiger partial charge in [-0.05, 0) is 20.3 Å². The Balaban J connectivity index is 2.07. The molecule has 2 aliphatic rings. The highest BCUT2D eigenvalue weighted by atomic mass is 32.2. The van der Waals surface area contributed by atoms with Gasteiger partial charge < -0.3 is 14.7 Å². The molecular weight excluding hydrogens is 376 g/mol. The number of nitrogens with one attached hydrogen (secondary N) is 1. The lowest BCUT2D eigenvalue weighted by Crippen LogP contribution is -2.53. The molecule has 7 nitrogen and oxygen atoms in total. The summed E-state index contributed by atoms with van der Waals surface area (Å²) in [5.74, 6) is 0.352. The number of carboxylic acid groups (broad SMARTS) is 1. The fourth-order valence-corrected chi connectivity index (χ4v) is 6.68. The minimum atomic E-state index is -0.967. The molecule has 0 aromatic rings. The van der Waals surface area contributed by atoms with Gasteiger partial charge in [-0.2, -0.15) is 0 Å². The number of thioether (sulfide) groups is 2. The first-order chi connectivity index (χ1) is 12.3. The maximum absolute atomic E-state index is 12.9. The zero-order valence-electron chi connectivity index (χ0n) is 15.5. The Morgan fingerprint density at radius 2 is 1.96 bits per heavy atom. The molecule has 0 bridgehead atoms. The minimum absolute atomic E-state index is 0.206. The second-order valence-electron chi connectivity index (χ2n) is 6.61. The molecule has 0 aromatic heterocycles. The van der Waals surface area contributed by atoms with Crippen molar-refractivity contribution in [2.45, 2.75) is 62.2 Å². The molecule has 1 amide bonds. The van der Waals surface area contributed by atoms with Gasteiger partial charge in [0.1, 0.15) is 12.1 Å². The van der Waals surface area contributed by atoms with E-state index in [-0.39, 0.29) is 22.6 Å². The van der Waals surface area contributed by atoms with Crippen molar-refractivity contribution >= 4 is 41.4 Å². The van der Waals surface area contributed by atoms with Crippen LogP contribution in [0.3, 0.4) is 0 Å². The quantitative estimate of drug-likeness (QED) is 0.589. The molecule has 0 unspecified atom stereocenters. The Hall–Kier alpha value is -0.930. The van der Waals surface area contributed by atoms with E-state index in [0.29, 0.717) is 19.4 Å². The number of carbonyl (C=O) groups excluding carboxylic acids is 2. The van der Waals surface area contributed by atoms with Gasteiger partial charge in [0.25, 0.3) is 0 Å². The third kappa shape index (κ3) is 4.86. The number of carboxylic acids is 1. The molecule has 0 saturated carbocycles. The van der Waals surface area contributed by atoms with Crippen molar-refractivity contribution in [1.29, 1.82) is 0 Å². The fraction of sp³-hybridized carbons (Fsp3) is 0.824. The van der Waals surface area contributed by atoms with Crippen LogP contribution >= 0.6 is 23.5 Å². The second-order valence-corrected chi connectivity index (χ2v) is 9.83. The highest BCUT2D eigenvalue weighted by molar-refractivity contribution is 8.21. The molecule has 9 heteroatoms. The van der Waals surface area contributed by atoms with Crippen LogP contribution in [0.25, 0.3) is 0 Å². The van der Waals surface area contributed by atoms with Crippen LogP contribution in [0.5, 0.6) is 0 Å². The molecule has 0 radical (unpaired) electrons. The lowest BCUT2D eigenvalue weighted by molar-refractivity contribution is -0.150. The third-order valence-electron chi connectivity index (χ3n) is 4.64. The predicted octanol–water partition coefficient (Wildman–Crippen LogP) is 1.56. The summed E-state index contributed by atoms with van der Waals surface area (Å²) in [5.41, 5.74) is 0. The number of aliphatic carboxylic acids is 1. The Bertz CT molecular complexity index is 539. The zero-order valence-corrected chi connectivity index (χ0v) is 17.2. The van der Waals surface area contributed by atoms with Crippen LogP contribution in [0.2, 0.25) is 0 Å². The standard InChI is InChI=1S/C17H28N2O5S2/c1-4-6-12(16(23)24-5-2)18-11(3)14(20)19-10-17(25-7-8-26-17)9-13(19)15(21)22/h11-13,18H,4-10H2,1-3H3,(H,21,22)/t11-,12-,13-/m0/s1. The molecule has 2 rings (SSSR count). The maximum Gasteiger partial charge on any atom is 0.326 e. The van der Waals surface area contributed by atoms with Crippen molar-refractivity contribution in [3.05, 3.63) is 0 Å². The van der Waals surface area contributed by atoms with Crippen molar-refractivity contribution in [3.63, 3.8) is 0 Å². The highest BCUT2D eigenvalue weighted by Gasteiger charge is 2.52. The first kappa shape index (κ1) is 21.4. The smallest absolute Gasteiger partial charge is 0.326 e. The van der Waals surface area contributed by atoms with Gasteiger partial charge in [0.15, 0.2) is 0 Å². The molecule has 2 heterocycles. The van der Waals surface area contributed by atoms with Crippen LogP contribution in [0.4, 0.5) is 0 Å². The van der Waals surface area contributed by atoms with Crippen LogP contribution in [0.15, 0.2) is 0 Å². The summed E-state index contributed by atoms with van der Waals surface area (Å²) in [7, 11) is 0. The van der Waals surface area contributed by atoms with Crippen LogP contribution in [0, 0.1) is 0 Å². The number of hydrogen-bond acceptors (Lipinski definition) is 7. The average Bonchev–Trinajstić information content (AvgIpc) is 3.21. The van der Waals surface area contributed by atoms with Gasteiger partial charge in [0.05, 0.1) is 16.7 Å². The van der Waals surface area contributed by atoms with Crippen molar-refractivity contribution in [3.8, 4) is 0 Å². The zero-order chi connectivity index (χ0) is 19.3. The number of rotatable bonds is 8. The summed E-state index contributed by atoms with van der Waals surface area (Å²) in [6.45, 7) is 6.10. The molecule has 26 heavy (non-hydrogen) atoms. The summed E-state index contributed by atoms with van der Waals surface area (Å²) in [6.07, 6.45) is 1.80. The molecule has 2 fully saturated rings. The molecule has 148 valence electrons. The molecule has 3 atom stereocenters. The summed E-state index contributed by atoms with van der Waals surface area (Å²) in [4.78, 5) is 38.2. The van der Waals surface area contributed by atoms with E-state index in [1.807, 2.05) is 6.92 Å². The Kier molecular flexibility index (Phi) is 7.66. The van der Waals surface area contributed by atoms with Gasteiger partial charge in [0, 0.05) is 24.5 Å². The van der Waals surface area contributed by atoms with Crippen molar-refractivity contribution < 1.29 is 24.2 Å². The topological polar surface area (TPSA) is 95.9 Å². The maximum atomic E-state index is 12.9. The molecule has 0 aliphatic carbocycles. The van der Waals surface area contributed by atoms with Gasteiger partial charge in [-0.25, -0.2) is 4.79 Å². The summed E-state index contributed by atoms with van der Waals surface area (Å²) >= 11 is 3.50. The Labute approximate surface area is 163 Å². The number of amides is 1. The lowest BCUT2D eigenvalue weighted by atomic mass is 10.1. The second kappa shape index (κ2) is 9.32. The molecule has 2 saturated heterocycles. The van der Waals surface area contributed by atoms with Crippen LogP contribution < -0.4 is 5.32 Å². The van der Waals surface area contributed by atoms with E-state index in [9.17, 15) is 19.5 Å². The number of ether oxygens (including phenoxy) is 1. The van der Waals surface area contributed by atoms with E-state index < -0.39 is 24.1 Å². The van der Waals surface area contributed by atoms with E-state index in [4.69, 9.17) is 4.74 Å². The SMILES string of the molecule is CCC[C@H](N[C@@H](C)C(=O)N1CC2(C[C@H]1C(=O)O)SCCS2)C(=O)OCC. The van der Waals surface area contributed by atoms with Crippen LogP contribution in [0.1, 0.15) is 40.0 Å². The van der Waals surface area contributed by atoms with E-state index in [0.717, 1.165) is 17.9 Å². The van der Waals surface area contributed by atoms with E-state index >= 15 is 0 Å². The van der Waals surface area contributed by atoms with Crippen molar-refractivity contribution in [2.24, 2.45) is 0 Å². The van der Waals surface area contributed by atoms with E-state index in [1.54, 1.807) is 37.4 Å². The number of carbonyl (C=O) groups is 3. The molecule has 2 aliphatic heterocycles. The number of likely N-dealkylation sites (tertiary alicyclic amines) is 1. The van der Waals surface area contributed by atoms with Crippen LogP contribution in [-0.4, -0.2) is 74.7 Å². The summed E-state index contributed by atoms with van der Waals surface area (Å²) < 4.78 is 4.87. The largest absolute Gasteiger partial charge is 0.480 e. The average molecular weight is 405 g/mol. The van der Waals surface area contributed by atoms with Gasteiger partial charge >= 0.3 is 11.9 Å². The Morgan fingerprint density at radius 3 is 2.50 bits per heavy atom. The van der Waals surface area contributed by atoms with Gasteiger partial charge in [-0.15, -0.1) is 23.5 Å². The van der Waals surface area contributed by atoms with E-state index in [1.165, 1.54) is 4.90 Å². The first-order valence-electron chi connectivity index (χ1n) is 9.07. The molecule has 0 aromatic carbocycles. The number of nitrogens with zero attached hydrogens (tertiary/aromatic N) is 1. The fourth-order valence-electron chi connectivity index (χ4n) is 3.42. The molecule has 1 spiro atoms. The third-order valence-corrected chi connectivity index (χ3v) is 8.07. The van der Waals surface area contributed by atoms with Crippen LogP contribution in [-0.2, 0) is 19.1 Å². The Morgan fingerprint density at radius 1 is 1.31 bits per heavy atom. The monoisotopic (exact) mass is 404 g/mol. The molecule has 2 N–H and O–H groups in total. The van der Waals surface area contributed by atoms with Crippen molar-refractivity contribution in [1.82, 2.24) is 10.2 Å². The summed E-state index contributed by atoms with van der Waals surface area (Å²) in [5, 5.41) is 12.6. The van der Waals surface area contributed by atoms with Gasteiger partial charge in [0.2, 0.25) is 5.91 Å². The number of hydrogen-bond donors (Lipinski definition) is 2.